The molecule has 1 aromatic rings. The molecule has 3 atom stereocenters. The predicted molar refractivity (Wildman–Crippen MR) is 81.1 cm³/mol. The smallest absolute Gasteiger partial charge is 0.287 e. The van der Waals surface area contributed by atoms with Crippen molar-refractivity contribution in [2.75, 3.05) is 0 Å². The molecule has 1 aromatic heterocycles. The largest absolute Gasteiger partial charge is 0.459 e. The zero-order valence-electron chi connectivity index (χ0n) is 13.3. The van der Waals surface area contributed by atoms with Gasteiger partial charge in [-0.1, -0.05) is 6.92 Å². The van der Waals surface area contributed by atoms with E-state index in [1.54, 1.807) is 13.0 Å². The van der Waals surface area contributed by atoms with Crippen LogP contribution in [-0.2, 0) is 9.59 Å². The van der Waals surface area contributed by atoms with Crippen LogP contribution in [0.4, 0.5) is 0 Å². The highest BCUT2D eigenvalue weighted by Gasteiger charge is 2.22. The van der Waals surface area contributed by atoms with Crippen molar-refractivity contribution in [2.24, 2.45) is 0 Å². The van der Waals surface area contributed by atoms with E-state index in [-0.39, 0.29) is 17.7 Å². The molecule has 1 heterocycles. The molecule has 0 saturated carbocycles. The Kier molecular flexibility index (Phi) is 6.62. The van der Waals surface area contributed by atoms with Crippen molar-refractivity contribution < 1.29 is 18.8 Å². The van der Waals surface area contributed by atoms with Crippen molar-refractivity contribution in [3.8, 4) is 0 Å². The minimum absolute atomic E-state index is 0.0444. The summed E-state index contributed by atoms with van der Waals surface area (Å²) in [6.45, 7) is 6.98. The van der Waals surface area contributed by atoms with Gasteiger partial charge in [0.25, 0.3) is 5.91 Å². The molecular formula is C15H23N3O4. The maximum Gasteiger partial charge on any atom is 0.287 e. The molecule has 0 aliphatic carbocycles. The van der Waals surface area contributed by atoms with Crippen molar-refractivity contribution in [3.05, 3.63) is 24.2 Å². The average Bonchev–Trinajstić information content (AvgIpc) is 3.00. The third kappa shape index (κ3) is 5.23. The second kappa shape index (κ2) is 8.21. The number of carbonyl (C=O) groups is 3. The molecule has 3 N–H and O–H groups in total. The first-order valence-corrected chi connectivity index (χ1v) is 7.30. The summed E-state index contributed by atoms with van der Waals surface area (Å²) in [6, 6.07) is 1.67. The molecule has 7 nitrogen and oxygen atoms in total. The zero-order chi connectivity index (χ0) is 16.7. The molecule has 22 heavy (non-hydrogen) atoms. The first-order valence-electron chi connectivity index (χ1n) is 7.30. The van der Waals surface area contributed by atoms with Crippen LogP contribution >= 0.6 is 0 Å². The van der Waals surface area contributed by atoms with E-state index in [2.05, 4.69) is 16.0 Å². The number of amides is 3. The van der Waals surface area contributed by atoms with Gasteiger partial charge in [0, 0.05) is 6.04 Å². The van der Waals surface area contributed by atoms with E-state index in [4.69, 9.17) is 4.42 Å². The lowest BCUT2D eigenvalue weighted by atomic mass is 10.2. The Bertz CT molecular complexity index is 513. The number of hydrogen-bond donors (Lipinski definition) is 3. The second-order valence-corrected chi connectivity index (χ2v) is 5.22. The van der Waals surface area contributed by atoms with Crippen LogP contribution in [0.25, 0.3) is 0 Å². The molecule has 0 bridgehead atoms. The van der Waals surface area contributed by atoms with Crippen LogP contribution in [-0.4, -0.2) is 35.8 Å². The van der Waals surface area contributed by atoms with Gasteiger partial charge < -0.3 is 20.4 Å². The van der Waals surface area contributed by atoms with E-state index < -0.39 is 23.9 Å². The summed E-state index contributed by atoms with van der Waals surface area (Å²) in [5, 5.41) is 7.85. The number of rotatable bonds is 7. The van der Waals surface area contributed by atoms with Crippen molar-refractivity contribution >= 4 is 17.7 Å². The van der Waals surface area contributed by atoms with Crippen LogP contribution in [0.1, 0.15) is 44.7 Å². The molecule has 0 aliphatic heterocycles. The minimum atomic E-state index is -0.781. The maximum atomic E-state index is 12.0. The Labute approximate surface area is 129 Å². The van der Waals surface area contributed by atoms with E-state index in [9.17, 15) is 14.4 Å². The van der Waals surface area contributed by atoms with E-state index in [0.29, 0.717) is 0 Å². The van der Waals surface area contributed by atoms with Crippen molar-refractivity contribution in [2.45, 2.75) is 52.2 Å². The summed E-state index contributed by atoms with van der Waals surface area (Å²) in [6.07, 6.45) is 2.18. The standard InChI is InChI=1S/C15H23N3O4/c1-5-9(2)16-13(19)10(3)17-14(20)11(4)18-15(21)12-7-6-8-22-12/h6-11H,5H2,1-4H3,(H,16,19)(H,17,20)(H,18,21). The van der Waals surface area contributed by atoms with Gasteiger partial charge in [-0.25, -0.2) is 0 Å². The average molecular weight is 309 g/mol. The van der Waals surface area contributed by atoms with Crippen LogP contribution in [0.2, 0.25) is 0 Å². The quantitative estimate of drug-likeness (QED) is 0.694. The first-order chi connectivity index (χ1) is 10.3. The van der Waals surface area contributed by atoms with Gasteiger partial charge in [0.2, 0.25) is 11.8 Å². The predicted octanol–water partition coefficient (Wildman–Crippen LogP) is 0.817. The van der Waals surface area contributed by atoms with Crippen LogP contribution in [0.5, 0.6) is 0 Å². The highest BCUT2D eigenvalue weighted by Crippen LogP contribution is 2.00. The minimum Gasteiger partial charge on any atom is -0.459 e. The van der Waals surface area contributed by atoms with E-state index in [1.807, 2.05) is 13.8 Å². The van der Waals surface area contributed by atoms with E-state index in [0.717, 1.165) is 6.42 Å². The fourth-order valence-electron chi connectivity index (χ4n) is 1.61. The third-order valence-corrected chi connectivity index (χ3v) is 3.24. The highest BCUT2D eigenvalue weighted by atomic mass is 16.3. The van der Waals surface area contributed by atoms with E-state index in [1.165, 1.54) is 19.3 Å². The summed E-state index contributed by atoms with van der Waals surface area (Å²) in [7, 11) is 0. The summed E-state index contributed by atoms with van der Waals surface area (Å²) < 4.78 is 4.94. The summed E-state index contributed by atoms with van der Waals surface area (Å²) in [5.41, 5.74) is 0. The Balaban J connectivity index is 2.46. The van der Waals surface area contributed by atoms with Crippen LogP contribution < -0.4 is 16.0 Å². The summed E-state index contributed by atoms with van der Waals surface area (Å²) in [5.74, 6) is -1.05. The van der Waals surface area contributed by atoms with Gasteiger partial charge in [0.1, 0.15) is 12.1 Å². The molecule has 0 aromatic carbocycles. The lowest BCUT2D eigenvalue weighted by Gasteiger charge is -2.19. The van der Waals surface area contributed by atoms with Crippen molar-refractivity contribution in [1.29, 1.82) is 0 Å². The van der Waals surface area contributed by atoms with Crippen LogP contribution in [0, 0.1) is 0 Å². The number of hydrogen-bond acceptors (Lipinski definition) is 4. The zero-order valence-corrected chi connectivity index (χ0v) is 13.3. The van der Waals surface area contributed by atoms with E-state index >= 15 is 0 Å². The molecule has 0 radical (unpaired) electrons. The fraction of sp³-hybridized carbons (Fsp3) is 0.533. The Hall–Kier alpha value is -2.31. The second-order valence-electron chi connectivity index (χ2n) is 5.22. The lowest BCUT2D eigenvalue weighted by Crippen LogP contribution is -2.52. The van der Waals surface area contributed by atoms with Gasteiger partial charge >= 0.3 is 0 Å². The Morgan fingerprint density at radius 1 is 1.05 bits per heavy atom. The third-order valence-electron chi connectivity index (χ3n) is 3.24. The van der Waals surface area contributed by atoms with Gasteiger partial charge in [-0.05, 0) is 39.3 Å². The Morgan fingerprint density at radius 3 is 2.18 bits per heavy atom. The molecule has 1 rings (SSSR count). The molecule has 3 amide bonds. The fourth-order valence-corrected chi connectivity index (χ4v) is 1.61. The van der Waals surface area contributed by atoms with Crippen molar-refractivity contribution in [3.63, 3.8) is 0 Å². The molecule has 0 fully saturated rings. The van der Waals surface area contributed by atoms with Crippen molar-refractivity contribution in [1.82, 2.24) is 16.0 Å². The number of nitrogens with one attached hydrogen (secondary N) is 3. The van der Waals surface area contributed by atoms with Gasteiger partial charge in [-0.3, -0.25) is 14.4 Å². The maximum absolute atomic E-state index is 12.0. The molecule has 0 saturated heterocycles. The summed E-state index contributed by atoms with van der Waals surface area (Å²) >= 11 is 0. The number of carbonyl (C=O) groups excluding carboxylic acids is 3. The molecular weight excluding hydrogens is 286 g/mol. The van der Waals surface area contributed by atoms with Crippen LogP contribution in [0.3, 0.4) is 0 Å². The van der Waals surface area contributed by atoms with Crippen LogP contribution in [0.15, 0.2) is 22.8 Å². The van der Waals surface area contributed by atoms with Gasteiger partial charge in [0.15, 0.2) is 5.76 Å². The lowest BCUT2D eigenvalue weighted by molar-refractivity contribution is -0.129. The molecule has 0 spiro atoms. The number of furan rings is 1. The Morgan fingerprint density at radius 2 is 1.64 bits per heavy atom. The molecule has 7 heteroatoms. The highest BCUT2D eigenvalue weighted by molar-refractivity contribution is 5.96. The normalized spacial score (nSPS) is 14.5. The SMILES string of the molecule is CCC(C)NC(=O)C(C)NC(=O)C(C)NC(=O)c1ccco1. The topological polar surface area (TPSA) is 100 Å². The summed E-state index contributed by atoms with van der Waals surface area (Å²) in [4.78, 5) is 35.6. The molecule has 0 aliphatic rings. The molecule has 122 valence electrons. The molecule has 3 unspecified atom stereocenters. The first kappa shape index (κ1) is 17.7. The monoisotopic (exact) mass is 309 g/mol. The van der Waals surface area contributed by atoms with Gasteiger partial charge in [0.05, 0.1) is 6.26 Å². The van der Waals surface area contributed by atoms with Gasteiger partial charge in [-0.2, -0.15) is 0 Å². The van der Waals surface area contributed by atoms with Gasteiger partial charge in [-0.15, -0.1) is 0 Å².